The van der Waals surface area contributed by atoms with Crippen molar-refractivity contribution in [1.29, 1.82) is 0 Å². The van der Waals surface area contributed by atoms with E-state index in [-0.39, 0.29) is 0 Å². The number of aromatic nitrogens is 2. The molecule has 0 spiro atoms. The van der Waals surface area contributed by atoms with Crippen LogP contribution >= 0.6 is 0 Å². The van der Waals surface area contributed by atoms with Crippen LogP contribution in [0, 0.1) is 16.7 Å². The summed E-state index contributed by atoms with van der Waals surface area (Å²) in [6, 6.07) is 0. The number of rotatable bonds is 0. The summed E-state index contributed by atoms with van der Waals surface area (Å²) in [6.07, 6.45) is 10.2. The van der Waals surface area contributed by atoms with Crippen LogP contribution < -0.4 is 0 Å². The van der Waals surface area contributed by atoms with Gasteiger partial charge in [-0.05, 0) is 48.0 Å². The third kappa shape index (κ3) is 1.69. The molecule has 1 aromatic heterocycles. The number of nitrogens with zero attached hydrogens (tertiary/aromatic N) is 2. The second-order valence-corrected chi connectivity index (χ2v) is 6.92. The molecule has 2 heteroatoms. The third-order valence-electron chi connectivity index (χ3n) is 5.23. The van der Waals surface area contributed by atoms with E-state index in [1.807, 2.05) is 6.20 Å². The maximum atomic E-state index is 4.49. The van der Waals surface area contributed by atoms with E-state index in [0.717, 1.165) is 12.3 Å². The molecule has 2 unspecified atom stereocenters. The van der Waals surface area contributed by atoms with Crippen molar-refractivity contribution in [3.8, 4) is 0 Å². The van der Waals surface area contributed by atoms with Crippen LogP contribution in [-0.4, -0.2) is 9.97 Å². The highest BCUT2D eigenvalue weighted by atomic mass is 14.8. The van der Waals surface area contributed by atoms with Gasteiger partial charge in [-0.1, -0.05) is 27.2 Å². The molecule has 92 valence electrons. The quantitative estimate of drug-likeness (QED) is 0.682. The second-order valence-electron chi connectivity index (χ2n) is 6.92. The Morgan fingerprint density at radius 1 is 1.24 bits per heavy atom. The van der Waals surface area contributed by atoms with Crippen LogP contribution in [0.25, 0.3) is 0 Å². The Morgan fingerprint density at radius 2 is 2.06 bits per heavy atom. The number of fused-ring (bicyclic) bond motifs is 2. The van der Waals surface area contributed by atoms with E-state index in [9.17, 15) is 0 Å². The van der Waals surface area contributed by atoms with Crippen molar-refractivity contribution in [2.75, 3.05) is 0 Å². The van der Waals surface area contributed by atoms with E-state index in [1.165, 1.54) is 36.9 Å². The minimum absolute atomic E-state index is 0.461. The topological polar surface area (TPSA) is 25.8 Å². The van der Waals surface area contributed by atoms with Crippen LogP contribution in [0.5, 0.6) is 0 Å². The summed E-state index contributed by atoms with van der Waals surface area (Å²) < 4.78 is 0. The minimum Gasteiger partial charge on any atom is -0.245 e. The molecule has 0 N–H and O–H groups in total. The van der Waals surface area contributed by atoms with Crippen LogP contribution in [0.4, 0.5) is 0 Å². The zero-order valence-corrected chi connectivity index (χ0v) is 11.2. The molecule has 1 aromatic rings. The summed E-state index contributed by atoms with van der Waals surface area (Å²) in [5.41, 5.74) is 3.63. The summed E-state index contributed by atoms with van der Waals surface area (Å²) in [5.74, 6) is 0.794. The molecule has 3 rings (SSSR count). The van der Waals surface area contributed by atoms with Gasteiger partial charge in [-0.25, -0.2) is 9.97 Å². The zero-order chi connectivity index (χ0) is 12.1. The molecule has 0 amide bonds. The van der Waals surface area contributed by atoms with Crippen molar-refractivity contribution in [3.05, 3.63) is 23.8 Å². The fourth-order valence-corrected chi connectivity index (χ4v) is 4.29. The van der Waals surface area contributed by atoms with Gasteiger partial charge >= 0.3 is 0 Å². The van der Waals surface area contributed by atoms with Crippen LogP contribution in [0.15, 0.2) is 12.5 Å². The fraction of sp³-hybridized carbons (Fsp3) is 0.733. The van der Waals surface area contributed by atoms with Crippen molar-refractivity contribution in [2.24, 2.45) is 16.7 Å². The predicted molar refractivity (Wildman–Crippen MR) is 68.7 cm³/mol. The summed E-state index contributed by atoms with van der Waals surface area (Å²) in [4.78, 5) is 8.69. The van der Waals surface area contributed by atoms with Gasteiger partial charge in [0.05, 0.1) is 0 Å². The van der Waals surface area contributed by atoms with Gasteiger partial charge in [0.15, 0.2) is 0 Å². The molecule has 0 aromatic carbocycles. The van der Waals surface area contributed by atoms with E-state index in [1.54, 1.807) is 6.33 Å². The van der Waals surface area contributed by atoms with Crippen LogP contribution in [0.1, 0.15) is 51.3 Å². The van der Waals surface area contributed by atoms with Crippen molar-refractivity contribution < 1.29 is 0 Å². The van der Waals surface area contributed by atoms with E-state index in [2.05, 4.69) is 30.7 Å². The average molecular weight is 230 g/mol. The van der Waals surface area contributed by atoms with Gasteiger partial charge in [0.1, 0.15) is 6.33 Å². The van der Waals surface area contributed by atoms with E-state index >= 15 is 0 Å². The van der Waals surface area contributed by atoms with Crippen molar-refractivity contribution >= 4 is 0 Å². The molecule has 0 saturated heterocycles. The Hall–Kier alpha value is -0.920. The van der Waals surface area contributed by atoms with Crippen molar-refractivity contribution in [2.45, 2.75) is 52.9 Å². The van der Waals surface area contributed by atoms with Gasteiger partial charge in [-0.2, -0.15) is 0 Å². The van der Waals surface area contributed by atoms with Crippen LogP contribution in [0.3, 0.4) is 0 Å². The molecule has 2 aliphatic rings. The molecular formula is C15H22N2. The first-order chi connectivity index (χ1) is 8.01. The molecule has 2 atom stereocenters. The van der Waals surface area contributed by atoms with Crippen LogP contribution in [-0.2, 0) is 12.8 Å². The highest BCUT2D eigenvalue weighted by molar-refractivity contribution is 5.24. The smallest absolute Gasteiger partial charge is 0.115 e. The lowest BCUT2D eigenvalue weighted by Gasteiger charge is -2.53. The molecular weight excluding hydrogens is 208 g/mol. The predicted octanol–water partition coefficient (Wildman–Crippen LogP) is 3.41. The lowest BCUT2D eigenvalue weighted by molar-refractivity contribution is -0.00688. The fourth-order valence-electron chi connectivity index (χ4n) is 4.29. The lowest BCUT2D eigenvalue weighted by Crippen LogP contribution is -2.47. The first kappa shape index (κ1) is 11.2. The molecule has 0 bridgehead atoms. The third-order valence-corrected chi connectivity index (χ3v) is 5.23. The Balaban J connectivity index is 2.03. The number of hydrogen-bond donors (Lipinski definition) is 0. The van der Waals surface area contributed by atoms with E-state index in [4.69, 9.17) is 0 Å². The zero-order valence-electron chi connectivity index (χ0n) is 11.2. The largest absolute Gasteiger partial charge is 0.245 e. The van der Waals surface area contributed by atoms with Gasteiger partial charge in [-0.3, -0.25) is 0 Å². The molecule has 1 heterocycles. The Morgan fingerprint density at radius 3 is 2.88 bits per heavy atom. The second kappa shape index (κ2) is 3.54. The van der Waals surface area contributed by atoms with E-state index < -0.39 is 0 Å². The van der Waals surface area contributed by atoms with E-state index in [0.29, 0.717) is 10.8 Å². The summed E-state index contributed by atoms with van der Waals surface area (Å²) >= 11 is 0. The van der Waals surface area contributed by atoms with Gasteiger partial charge in [0, 0.05) is 11.9 Å². The Bertz CT molecular complexity index is 438. The van der Waals surface area contributed by atoms with Crippen molar-refractivity contribution in [3.63, 3.8) is 0 Å². The van der Waals surface area contributed by atoms with Gasteiger partial charge in [0.2, 0.25) is 0 Å². The minimum atomic E-state index is 0.461. The SMILES string of the molecule is CC1(C)CCCC2(C)Cc3ncncc3CC12. The van der Waals surface area contributed by atoms with Gasteiger partial charge in [0.25, 0.3) is 0 Å². The Labute approximate surface area is 104 Å². The Kier molecular flexibility index (Phi) is 2.33. The van der Waals surface area contributed by atoms with Crippen LogP contribution in [0.2, 0.25) is 0 Å². The van der Waals surface area contributed by atoms with Crippen molar-refractivity contribution in [1.82, 2.24) is 9.97 Å². The first-order valence-electron chi connectivity index (χ1n) is 6.79. The molecule has 1 saturated carbocycles. The molecule has 0 aliphatic heterocycles. The average Bonchev–Trinajstić information content (AvgIpc) is 2.26. The maximum Gasteiger partial charge on any atom is 0.115 e. The first-order valence-corrected chi connectivity index (χ1v) is 6.79. The normalized spacial score (nSPS) is 34.9. The molecule has 0 radical (unpaired) electrons. The summed E-state index contributed by atoms with van der Waals surface area (Å²) in [6.45, 7) is 7.37. The summed E-state index contributed by atoms with van der Waals surface area (Å²) in [5, 5.41) is 0. The highest BCUT2D eigenvalue weighted by Gasteiger charge is 2.48. The number of hydrogen-bond acceptors (Lipinski definition) is 2. The lowest BCUT2D eigenvalue weighted by atomic mass is 9.51. The van der Waals surface area contributed by atoms with Gasteiger partial charge < -0.3 is 0 Å². The standard InChI is InChI=1S/C15H22N2/c1-14(2)5-4-6-15(3)8-12-11(7-13(14)15)9-16-10-17-12/h9-10,13H,4-8H2,1-3H3. The molecule has 1 fully saturated rings. The maximum absolute atomic E-state index is 4.49. The monoisotopic (exact) mass is 230 g/mol. The molecule has 2 aliphatic carbocycles. The molecule has 2 nitrogen and oxygen atoms in total. The highest BCUT2D eigenvalue weighted by Crippen LogP contribution is 2.55. The van der Waals surface area contributed by atoms with Gasteiger partial charge in [-0.15, -0.1) is 0 Å². The molecule has 17 heavy (non-hydrogen) atoms. The summed E-state index contributed by atoms with van der Waals surface area (Å²) in [7, 11) is 0.